The van der Waals surface area contributed by atoms with E-state index in [0.29, 0.717) is 17.0 Å². The Kier molecular flexibility index (Phi) is 3.56. The quantitative estimate of drug-likeness (QED) is 0.734. The van der Waals surface area contributed by atoms with E-state index >= 15 is 0 Å². The molecule has 0 bridgehead atoms. The number of anilines is 1. The first-order chi connectivity index (χ1) is 9.74. The number of amides is 2. The molecule has 0 unspecified atom stereocenters. The number of ether oxygens (including phenoxy) is 1. The third-order valence-electron chi connectivity index (χ3n) is 3.51. The zero-order valence-electron chi connectivity index (χ0n) is 11.1. The monoisotopic (exact) mass is 275 g/mol. The van der Waals surface area contributed by atoms with Crippen LogP contribution in [0.2, 0.25) is 0 Å². The summed E-state index contributed by atoms with van der Waals surface area (Å²) in [5, 5.41) is 8.96. The van der Waals surface area contributed by atoms with Gasteiger partial charge in [-0.3, -0.25) is 9.59 Å². The minimum atomic E-state index is -0.202. The molecular weight excluding hydrogens is 258 g/mol. The van der Waals surface area contributed by atoms with Crippen LogP contribution in [0.15, 0.2) is 18.2 Å². The van der Waals surface area contributed by atoms with Crippen molar-refractivity contribution in [3.8, 4) is 5.75 Å². The predicted molar refractivity (Wildman–Crippen MR) is 73.9 cm³/mol. The van der Waals surface area contributed by atoms with Gasteiger partial charge in [-0.2, -0.15) is 0 Å². The van der Waals surface area contributed by atoms with Gasteiger partial charge in [0.25, 0.3) is 11.8 Å². The SMILES string of the molecule is O=C1COc2c(cccc2C(=O)N[C@H]2CCCNC2)N1. The minimum Gasteiger partial charge on any atom is -0.481 e. The summed E-state index contributed by atoms with van der Waals surface area (Å²) in [6.45, 7) is 1.74. The molecule has 0 aromatic heterocycles. The number of benzene rings is 1. The number of carbonyl (C=O) groups excluding carboxylic acids is 2. The lowest BCUT2D eigenvalue weighted by Crippen LogP contribution is -2.45. The number of rotatable bonds is 2. The lowest BCUT2D eigenvalue weighted by atomic mass is 10.1. The van der Waals surface area contributed by atoms with Crippen molar-refractivity contribution in [2.24, 2.45) is 0 Å². The summed E-state index contributed by atoms with van der Waals surface area (Å²) in [6.07, 6.45) is 2.04. The first kappa shape index (κ1) is 12.9. The summed E-state index contributed by atoms with van der Waals surface area (Å²) in [7, 11) is 0. The van der Waals surface area contributed by atoms with E-state index in [9.17, 15) is 9.59 Å². The molecule has 1 fully saturated rings. The lowest BCUT2D eigenvalue weighted by molar-refractivity contribution is -0.118. The number of hydrogen-bond donors (Lipinski definition) is 3. The molecule has 1 saturated heterocycles. The van der Waals surface area contributed by atoms with E-state index in [1.54, 1.807) is 18.2 Å². The van der Waals surface area contributed by atoms with Crippen LogP contribution in [0.1, 0.15) is 23.2 Å². The van der Waals surface area contributed by atoms with Gasteiger partial charge in [-0.25, -0.2) is 0 Å². The molecule has 0 saturated carbocycles. The summed E-state index contributed by atoms with van der Waals surface area (Å²) >= 11 is 0. The Morgan fingerprint density at radius 3 is 3.10 bits per heavy atom. The molecule has 0 spiro atoms. The van der Waals surface area contributed by atoms with Crippen LogP contribution in [0, 0.1) is 0 Å². The Hall–Kier alpha value is -2.08. The molecule has 1 aromatic carbocycles. The molecule has 2 amide bonds. The fourth-order valence-corrected chi connectivity index (χ4v) is 2.53. The second kappa shape index (κ2) is 5.50. The van der Waals surface area contributed by atoms with Gasteiger partial charge < -0.3 is 20.7 Å². The van der Waals surface area contributed by atoms with Gasteiger partial charge >= 0.3 is 0 Å². The van der Waals surface area contributed by atoms with Crippen LogP contribution >= 0.6 is 0 Å². The Bertz CT molecular complexity index is 538. The Morgan fingerprint density at radius 1 is 1.40 bits per heavy atom. The summed E-state index contributed by atoms with van der Waals surface area (Å²) in [6, 6.07) is 5.32. The molecule has 1 aromatic rings. The highest BCUT2D eigenvalue weighted by molar-refractivity contribution is 6.03. The normalized spacial score (nSPS) is 21.4. The zero-order chi connectivity index (χ0) is 13.9. The second-order valence-corrected chi connectivity index (χ2v) is 5.04. The van der Waals surface area contributed by atoms with Crippen molar-refractivity contribution in [2.45, 2.75) is 18.9 Å². The molecule has 106 valence electrons. The molecule has 2 heterocycles. The van der Waals surface area contributed by atoms with Crippen molar-refractivity contribution in [1.82, 2.24) is 10.6 Å². The Balaban J connectivity index is 1.77. The molecule has 2 aliphatic rings. The van der Waals surface area contributed by atoms with E-state index in [0.717, 1.165) is 25.9 Å². The maximum atomic E-state index is 12.3. The number of carbonyl (C=O) groups is 2. The van der Waals surface area contributed by atoms with Crippen LogP contribution in [0.25, 0.3) is 0 Å². The van der Waals surface area contributed by atoms with Gasteiger partial charge in [0.05, 0.1) is 11.3 Å². The lowest BCUT2D eigenvalue weighted by Gasteiger charge is -2.25. The number of nitrogens with one attached hydrogen (secondary N) is 3. The maximum absolute atomic E-state index is 12.3. The van der Waals surface area contributed by atoms with E-state index in [1.165, 1.54) is 0 Å². The van der Waals surface area contributed by atoms with Crippen LogP contribution in [-0.2, 0) is 4.79 Å². The summed E-state index contributed by atoms with van der Waals surface area (Å²) in [4.78, 5) is 23.6. The highest BCUT2D eigenvalue weighted by Crippen LogP contribution is 2.31. The van der Waals surface area contributed by atoms with Crippen molar-refractivity contribution >= 4 is 17.5 Å². The number of fused-ring (bicyclic) bond motifs is 1. The summed E-state index contributed by atoms with van der Waals surface area (Å²) in [5.74, 6) is 0.0895. The first-order valence-corrected chi connectivity index (χ1v) is 6.81. The number of para-hydroxylation sites is 1. The summed E-state index contributed by atoms with van der Waals surface area (Å²) in [5.41, 5.74) is 1.02. The molecule has 20 heavy (non-hydrogen) atoms. The van der Waals surface area contributed by atoms with Crippen molar-refractivity contribution in [3.63, 3.8) is 0 Å². The van der Waals surface area contributed by atoms with Crippen LogP contribution < -0.4 is 20.7 Å². The Labute approximate surface area is 116 Å². The average Bonchev–Trinajstić information content (AvgIpc) is 2.47. The van der Waals surface area contributed by atoms with Crippen molar-refractivity contribution in [3.05, 3.63) is 23.8 Å². The third-order valence-corrected chi connectivity index (χ3v) is 3.51. The molecule has 1 atom stereocenters. The standard InChI is InChI=1S/C14H17N3O3/c18-12-8-20-13-10(4-1-5-11(13)17-12)14(19)16-9-3-2-6-15-7-9/h1,4-5,9,15H,2-3,6-8H2,(H,16,19)(H,17,18)/t9-/m0/s1. The predicted octanol–water partition coefficient (Wildman–Crippen LogP) is 0.499. The molecule has 0 aliphatic carbocycles. The molecule has 2 aliphatic heterocycles. The van der Waals surface area contributed by atoms with Crippen LogP contribution in [0.5, 0.6) is 5.75 Å². The van der Waals surface area contributed by atoms with Gasteiger partial charge in [-0.1, -0.05) is 6.07 Å². The average molecular weight is 275 g/mol. The largest absolute Gasteiger partial charge is 0.481 e. The van der Waals surface area contributed by atoms with E-state index in [1.807, 2.05) is 0 Å². The van der Waals surface area contributed by atoms with Gasteiger partial charge in [0.15, 0.2) is 12.4 Å². The fraction of sp³-hybridized carbons (Fsp3) is 0.429. The second-order valence-electron chi connectivity index (χ2n) is 5.04. The van der Waals surface area contributed by atoms with Gasteiger partial charge in [0.1, 0.15) is 0 Å². The van der Waals surface area contributed by atoms with Crippen LogP contribution in [0.4, 0.5) is 5.69 Å². The molecule has 6 heteroatoms. The van der Waals surface area contributed by atoms with Crippen molar-refractivity contribution in [1.29, 1.82) is 0 Å². The minimum absolute atomic E-state index is 0.0533. The van der Waals surface area contributed by atoms with E-state index in [2.05, 4.69) is 16.0 Å². The molecule has 3 rings (SSSR count). The number of hydrogen-bond acceptors (Lipinski definition) is 4. The van der Waals surface area contributed by atoms with Crippen molar-refractivity contribution < 1.29 is 14.3 Å². The van der Waals surface area contributed by atoms with Gasteiger partial charge in [0, 0.05) is 12.6 Å². The Morgan fingerprint density at radius 2 is 2.30 bits per heavy atom. The molecule has 3 N–H and O–H groups in total. The third kappa shape index (κ3) is 2.60. The van der Waals surface area contributed by atoms with Gasteiger partial charge in [0.2, 0.25) is 0 Å². The van der Waals surface area contributed by atoms with E-state index in [-0.39, 0.29) is 24.5 Å². The summed E-state index contributed by atoms with van der Waals surface area (Å²) < 4.78 is 5.39. The van der Waals surface area contributed by atoms with Crippen LogP contribution in [-0.4, -0.2) is 37.6 Å². The zero-order valence-corrected chi connectivity index (χ0v) is 11.1. The topological polar surface area (TPSA) is 79.5 Å². The highest BCUT2D eigenvalue weighted by Gasteiger charge is 2.24. The molecular formula is C14H17N3O3. The highest BCUT2D eigenvalue weighted by atomic mass is 16.5. The van der Waals surface area contributed by atoms with Crippen molar-refractivity contribution in [2.75, 3.05) is 25.0 Å². The van der Waals surface area contributed by atoms with Gasteiger partial charge in [-0.05, 0) is 31.5 Å². The van der Waals surface area contributed by atoms with Crippen LogP contribution in [0.3, 0.4) is 0 Å². The first-order valence-electron chi connectivity index (χ1n) is 6.81. The van der Waals surface area contributed by atoms with Gasteiger partial charge in [-0.15, -0.1) is 0 Å². The molecule has 0 radical (unpaired) electrons. The smallest absolute Gasteiger partial charge is 0.262 e. The van der Waals surface area contributed by atoms with E-state index in [4.69, 9.17) is 4.74 Å². The van der Waals surface area contributed by atoms with E-state index < -0.39 is 0 Å². The fourth-order valence-electron chi connectivity index (χ4n) is 2.53. The molecule has 6 nitrogen and oxygen atoms in total. The maximum Gasteiger partial charge on any atom is 0.262 e. The number of piperidine rings is 1.